The van der Waals surface area contributed by atoms with Gasteiger partial charge in [0.15, 0.2) is 5.82 Å². The standard InChI is InChI=1S/C18H25N3O2/c1-6-12(2)13-9-7-8-10-14(13)19-17(22)20-16-11-15(23-21-16)18(3,4)5/h7-12H,6H2,1-5H3,(H2,19,20,21,22). The lowest BCUT2D eigenvalue weighted by Crippen LogP contribution is -2.20. The molecule has 2 aromatic rings. The van der Waals surface area contributed by atoms with Gasteiger partial charge in [0.1, 0.15) is 5.76 Å². The molecule has 1 aromatic carbocycles. The Morgan fingerprint density at radius 1 is 1.26 bits per heavy atom. The van der Waals surface area contributed by atoms with Crippen LogP contribution in [0, 0.1) is 0 Å². The van der Waals surface area contributed by atoms with Gasteiger partial charge in [0.25, 0.3) is 0 Å². The third kappa shape index (κ3) is 4.34. The van der Waals surface area contributed by atoms with E-state index in [0.29, 0.717) is 11.7 Å². The molecule has 5 heteroatoms. The first-order valence-corrected chi connectivity index (χ1v) is 7.95. The van der Waals surface area contributed by atoms with Gasteiger partial charge in [0, 0.05) is 17.2 Å². The Bertz CT molecular complexity index is 671. The number of anilines is 2. The first-order valence-electron chi connectivity index (χ1n) is 7.95. The lowest BCUT2D eigenvalue weighted by molar-refractivity contribution is 0.262. The molecule has 0 radical (unpaired) electrons. The van der Waals surface area contributed by atoms with Crippen LogP contribution in [0.4, 0.5) is 16.3 Å². The van der Waals surface area contributed by atoms with Gasteiger partial charge in [-0.05, 0) is 24.0 Å². The van der Waals surface area contributed by atoms with Gasteiger partial charge in [-0.1, -0.05) is 58.0 Å². The summed E-state index contributed by atoms with van der Waals surface area (Å²) in [5.41, 5.74) is 1.80. The molecule has 2 rings (SSSR count). The van der Waals surface area contributed by atoms with E-state index in [9.17, 15) is 4.79 Å². The molecule has 2 N–H and O–H groups in total. The molecule has 0 saturated heterocycles. The molecule has 0 spiro atoms. The van der Waals surface area contributed by atoms with Crippen molar-refractivity contribution in [1.82, 2.24) is 5.16 Å². The summed E-state index contributed by atoms with van der Waals surface area (Å²) in [5.74, 6) is 1.52. The summed E-state index contributed by atoms with van der Waals surface area (Å²) < 4.78 is 5.27. The van der Waals surface area contributed by atoms with Gasteiger partial charge in [0.05, 0.1) is 0 Å². The number of amides is 2. The SMILES string of the molecule is CCC(C)c1ccccc1NC(=O)Nc1cc(C(C)(C)C)on1. The van der Waals surface area contributed by atoms with Crippen LogP contribution in [0.2, 0.25) is 0 Å². The predicted octanol–water partition coefficient (Wildman–Crippen LogP) is 5.13. The Morgan fingerprint density at radius 2 is 1.96 bits per heavy atom. The molecule has 1 atom stereocenters. The third-order valence-electron chi connectivity index (χ3n) is 3.84. The number of hydrogen-bond acceptors (Lipinski definition) is 3. The molecule has 1 aromatic heterocycles. The minimum absolute atomic E-state index is 0.146. The highest BCUT2D eigenvalue weighted by atomic mass is 16.5. The van der Waals surface area contributed by atoms with E-state index < -0.39 is 0 Å². The van der Waals surface area contributed by atoms with Gasteiger partial charge in [-0.15, -0.1) is 0 Å². The zero-order valence-electron chi connectivity index (χ0n) is 14.4. The largest absolute Gasteiger partial charge is 0.359 e. The summed E-state index contributed by atoms with van der Waals surface area (Å²) >= 11 is 0. The van der Waals surface area contributed by atoms with Crippen LogP contribution in [-0.2, 0) is 5.41 Å². The van der Waals surface area contributed by atoms with Crippen LogP contribution < -0.4 is 10.6 Å². The van der Waals surface area contributed by atoms with Gasteiger partial charge in [0.2, 0.25) is 0 Å². The quantitative estimate of drug-likeness (QED) is 0.822. The lowest BCUT2D eigenvalue weighted by atomic mass is 9.93. The monoisotopic (exact) mass is 315 g/mol. The number of carbonyl (C=O) groups excluding carboxylic acids is 1. The maximum Gasteiger partial charge on any atom is 0.324 e. The topological polar surface area (TPSA) is 67.2 Å². The molecule has 23 heavy (non-hydrogen) atoms. The molecule has 0 aliphatic carbocycles. The summed E-state index contributed by atoms with van der Waals surface area (Å²) in [5, 5.41) is 9.49. The van der Waals surface area contributed by atoms with Crippen LogP contribution in [0.3, 0.4) is 0 Å². The van der Waals surface area contributed by atoms with Crippen LogP contribution in [0.1, 0.15) is 58.3 Å². The average Bonchev–Trinajstić information content (AvgIpc) is 2.95. The van der Waals surface area contributed by atoms with Crippen molar-refractivity contribution in [3.8, 4) is 0 Å². The maximum atomic E-state index is 12.2. The van der Waals surface area contributed by atoms with Crippen molar-refractivity contribution >= 4 is 17.5 Å². The van der Waals surface area contributed by atoms with Crippen LogP contribution >= 0.6 is 0 Å². The highest BCUT2D eigenvalue weighted by molar-refractivity contribution is 5.99. The van der Waals surface area contributed by atoms with Crippen molar-refractivity contribution in [2.24, 2.45) is 0 Å². The van der Waals surface area contributed by atoms with Crippen molar-refractivity contribution in [3.63, 3.8) is 0 Å². The second-order valence-electron chi connectivity index (χ2n) is 6.80. The van der Waals surface area contributed by atoms with Crippen molar-refractivity contribution < 1.29 is 9.32 Å². The molecule has 0 aliphatic heterocycles. The van der Waals surface area contributed by atoms with Gasteiger partial charge < -0.3 is 9.84 Å². The third-order valence-corrected chi connectivity index (χ3v) is 3.84. The minimum Gasteiger partial charge on any atom is -0.359 e. The Labute approximate surface area is 137 Å². The average molecular weight is 315 g/mol. The Hall–Kier alpha value is -2.30. The molecule has 0 bridgehead atoms. The fraction of sp³-hybridized carbons (Fsp3) is 0.444. The zero-order chi connectivity index (χ0) is 17.0. The molecule has 1 heterocycles. The summed E-state index contributed by atoms with van der Waals surface area (Å²) in [4.78, 5) is 12.2. The highest BCUT2D eigenvalue weighted by Gasteiger charge is 2.20. The summed E-state index contributed by atoms with van der Waals surface area (Å²) in [6.45, 7) is 10.4. The van der Waals surface area contributed by atoms with Gasteiger partial charge >= 0.3 is 6.03 Å². The smallest absolute Gasteiger partial charge is 0.324 e. The summed E-state index contributed by atoms with van der Waals surface area (Å²) in [6.07, 6.45) is 1.01. The number of nitrogens with one attached hydrogen (secondary N) is 2. The van der Waals surface area contributed by atoms with Crippen molar-refractivity contribution in [1.29, 1.82) is 0 Å². The van der Waals surface area contributed by atoms with E-state index in [2.05, 4.69) is 29.6 Å². The van der Waals surface area contributed by atoms with Crippen LogP contribution in [0.25, 0.3) is 0 Å². The normalized spacial score (nSPS) is 12.7. The molecule has 124 valence electrons. The first-order chi connectivity index (χ1) is 10.8. The van der Waals surface area contributed by atoms with Crippen molar-refractivity contribution in [3.05, 3.63) is 41.7 Å². The number of nitrogens with zero attached hydrogens (tertiary/aromatic N) is 1. The van der Waals surface area contributed by atoms with E-state index in [1.54, 1.807) is 6.07 Å². The van der Waals surface area contributed by atoms with Gasteiger partial charge in [-0.2, -0.15) is 0 Å². The Kier molecular flexibility index (Phi) is 5.08. The molecule has 0 saturated carbocycles. The lowest BCUT2D eigenvalue weighted by Gasteiger charge is -2.15. The van der Waals surface area contributed by atoms with E-state index in [0.717, 1.165) is 23.4 Å². The van der Waals surface area contributed by atoms with Crippen LogP contribution in [0.5, 0.6) is 0 Å². The number of rotatable bonds is 4. The summed E-state index contributed by atoms with van der Waals surface area (Å²) in [6, 6.07) is 9.27. The summed E-state index contributed by atoms with van der Waals surface area (Å²) in [7, 11) is 0. The van der Waals surface area contributed by atoms with Crippen molar-refractivity contribution in [2.75, 3.05) is 10.6 Å². The molecule has 1 unspecified atom stereocenters. The number of aromatic nitrogens is 1. The van der Waals surface area contributed by atoms with E-state index in [1.807, 2.05) is 45.0 Å². The van der Waals surface area contributed by atoms with Crippen LogP contribution in [0.15, 0.2) is 34.9 Å². The fourth-order valence-corrected chi connectivity index (χ4v) is 2.22. The van der Waals surface area contributed by atoms with E-state index in [-0.39, 0.29) is 11.4 Å². The van der Waals surface area contributed by atoms with Gasteiger partial charge in [-0.25, -0.2) is 4.79 Å². The van der Waals surface area contributed by atoms with Crippen LogP contribution in [-0.4, -0.2) is 11.2 Å². The second kappa shape index (κ2) is 6.86. The molecule has 0 aliphatic rings. The molecular formula is C18H25N3O2. The predicted molar refractivity (Wildman–Crippen MR) is 93.0 cm³/mol. The van der Waals surface area contributed by atoms with E-state index in [4.69, 9.17) is 4.52 Å². The second-order valence-corrected chi connectivity index (χ2v) is 6.80. The molecule has 0 fully saturated rings. The first kappa shape index (κ1) is 17.1. The fourth-order valence-electron chi connectivity index (χ4n) is 2.22. The number of benzene rings is 1. The van der Waals surface area contributed by atoms with Crippen molar-refractivity contribution in [2.45, 2.75) is 52.4 Å². The number of urea groups is 1. The Balaban J connectivity index is 2.07. The van der Waals surface area contributed by atoms with E-state index in [1.165, 1.54) is 0 Å². The Morgan fingerprint density at radius 3 is 2.57 bits per heavy atom. The number of para-hydroxylation sites is 1. The minimum atomic E-state index is -0.325. The number of hydrogen-bond donors (Lipinski definition) is 2. The highest BCUT2D eigenvalue weighted by Crippen LogP contribution is 2.27. The molecule has 2 amide bonds. The molecular weight excluding hydrogens is 290 g/mol. The molecule has 5 nitrogen and oxygen atoms in total. The van der Waals surface area contributed by atoms with Gasteiger partial charge in [-0.3, -0.25) is 5.32 Å². The zero-order valence-corrected chi connectivity index (χ0v) is 14.4. The van der Waals surface area contributed by atoms with E-state index >= 15 is 0 Å². The number of carbonyl (C=O) groups is 1. The maximum absolute atomic E-state index is 12.2.